The number of carbonyl (C=O) groups is 2. The van der Waals surface area contributed by atoms with E-state index in [1.807, 2.05) is 18.2 Å². The molecule has 1 aliphatic heterocycles. The van der Waals surface area contributed by atoms with Gasteiger partial charge < -0.3 is 20.1 Å². The number of ether oxygens (including phenoxy) is 2. The number of amides is 2. The van der Waals surface area contributed by atoms with Crippen molar-refractivity contribution in [3.63, 3.8) is 0 Å². The molecule has 2 heterocycles. The zero-order valence-corrected chi connectivity index (χ0v) is 14.3. The standard InChI is InChI=1S/C17H20N4O4/c1-10(2)16(22)19-15-7-12(20-21(15)3)17(23)18-8-11-4-5-13-14(6-11)25-9-24-13/h4-7,10H,8-9H2,1-3H3,(H,18,23)(H,19,22). The summed E-state index contributed by atoms with van der Waals surface area (Å²) in [5.41, 5.74) is 1.13. The summed E-state index contributed by atoms with van der Waals surface area (Å²) in [4.78, 5) is 24.1. The molecule has 1 aliphatic rings. The average molecular weight is 344 g/mol. The summed E-state index contributed by atoms with van der Waals surface area (Å²) in [6.07, 6.45) is 0. The summed E-state index contributed by atoms with van der Waals surface area (Å²) in [5, 5.41) is 9.68. The number of rotatable bonds is 5. The normalized spacial score (nSPS) is 12.3. The third-order valence-electron chi connectivity index (χ3n) is 3.78. The van der Waals surface area contributed by atoms with Gasteiger partial charge in [-0.1, -0.05) is 19.9 Å². The summed E-state index contributed by atoms with van der Waals surface area (Å²) in [6.45, 7) is 4.14. The van der Waals surface area contributed by atoms with Gasteiger partial charge >= 0.3 is 0 Å². The maximum absolute atomic E-state index is 12.3. The van der Waals surface area contributed by atoms with Crippen molar-refractivity contribution in [2.24, 2.45) is 13.0 Å². The Morgan fingerprint density at radius 1 is 1.24 bits per heavy atom. The quantitative estimate of drug-likeness (QED) is 0.860. The highest BCUT2D eigenvalue weighted by Crippen LogP contribution is 2.32. The van der Waals surface area contributed by atoms with Crippen LogP contribution in [0.5, 0.6) is 11.5 Å². The Kier molecular flexibility index (Phi) is 4.60. The molecule has 0 aliphatic carbocycles. The van der Waals surface area contributed by atoms with E-state index in [-0.39, 0.29) is 30.2 Å². The van der Waals surface area contributed by atoms with Crippen LogP contribution in [-0.4, -0.2) is 28.4 Å². The third kappa shape index (κ3) is 3.73. The maximum Gasteiger partial charge on any atom is 0.272 e. The number of fused-ring (bicyclic) bond motifs is 1. The fraction of sp³-hybridized carbons (Fsp3) is 0.353. The van der Waals surface area contributed by atoms with E-state index in [0.29, 0.717) is 23.9 Å². The van der Waals surface area contributed by atoms with Gasteiger partial charge in [0.05, 0.1) is 0 Å². The highest BCUT2D eigenvalue weighted by molar-refractivity contribution is 5.95. The Balaban J connectivity index is 1.62. The monoisotopic (exact) mass is 344 g/mol. The molecule has 1 aromatic heterocycles. The van der Waals surface area contributed by atoms with Crippen molar-refractivity contribution in [2.75, 3.05) is 12.1 Å². The molecule has 0 saturated carbocycles. The molecule has 0 saturated heterocycles. The van der Waals surface area contributed by atoms with E-state index >= 15 is 0 Å². The number of anilines is 1. The minimum absolute atomic E-state index is 0.129. The van der Waals surface area contributed by atoms with E-state index in [9.17, 15) is 9.59 Å². The highest BCUT2D eigenvalue weighted by Gasteiger charge is 2.17. The van der Waals surface area contributed by atoms with Gasteiger partial charge in [0.15, 0.2) is 17.2 Å². The minimum Gasteiger partial charge on any atom is -0.454 e. The lowest BCUT2D eigenvalue weighted by molar-refractivity contribution is -0.118. The van der Waals surface area contributed by atoms with Gasteiger partial charge in [0.1, 0.15) is 5.82 Å². The number of nitrogens with zero attached hydrogens (tertiary/aromatic N) is 2. The first-order valence-corrected chi connectivity index (χ1v) is 7.95. The summed E-state index contributed by atoms with van der Waals surface area (Å²) < 4.78 is 12.0. The maximum atomic E-state index is 12.3. The van der Waals surface area contributed by atoms with E-state index in [0.717, 1.165) is 5.56 Å². The molecule has 8 nitrogen and oxygen atoms in total. The molecule has 0 bridgehead atoms. The van der Waals surface area contributed by atoms with E-state index in [1.165, 1.54) is 4.68 Å². The molecule has 132 valence electrons. The lowest BCUT2D eigenvalue weighted by Gasteiger charge is -2.06. The number of hydrogen-bond acceptors (Lipinski definition) is 5. The van der Waals surface area contributed by atoms with Crippen molar-refractivity contribution in [1.82, 2.24) is 15.1 Å². The van der Waals surface area contributed by atoms with Crippen LogP contribution in [0.3, 0.4) is 0 Å². The van der Waals surface area contributed by atoms with Crippen molar-refractivity contribution in [1.29, 1.82) is 0 Å². The number of aryl methyl sites for hydroxylation is 1. The molecule has 0 spiro atoms. The fourth-order valence-electron chi connectivity index (χ4n) is 2.29. The number of hydrogen-bond donors (Lipinski definition) is 2. The lowest BCUT2D eigenvalue weighted by atomic mass is 10.2. The van der Waals surface area contributed by atoms with Gasteiger partial charge in [0.25, 0.3) is 5.91 Å². The van der Waals surface area contributed by atoms with Gasteiger partial charge in [0, 0.05) is 25.6 Å². The van der Waals surface area contributed by atoms with Gasteiger partial charge in [-0.3, -0.25) is 14.3 Å². The molecule has 8 heteroatoms. The van der Waals surface area contributed by atoms with E-state index < -0.39 is 0 Å². The molecule has 2 aromatic rings. The topological polar surface area (TPSA) is 94.5 Å². The van der Waals surface area contributed by atoms with Crippen LogP contribution >= 0.6 is 0 Å². The molecule has 25 heavy (non-hydrogen) atoms. The number of aromatic nitrogens is 2. The molecule has 0 fully saturated rings. The van der Waals surface area contributed by atoms with Crippen LogP contribution in [0.15, 0.2) is 24.3 Å². The highest BCUT2D eigenvalue weighted by atomic mass is 16.7. The van der Waals surface area contributed by atoms with Crippen LogP contribution in [0.4, 0.5) is 5.82 Å². The molecule has 1 aromatic carbocycles. The predicted octanol–water partition coefficient (Wildman–Crippen LogP) is 1.67. The molecule has 2 amide bonds. The van der Waals surface area contributed by atoms with Gasteiger partial charge in [-0.05, 0) is 17.7 Å². The first-order valence-electron chi connectivity index (χ1n) is 7.95. The SMILES string of the molecule is CC(C)C(=O)Nc1cc(C(=O)NCc2ccc3c(c2)OCO3)nn1C. The number of carbonyl (C=O) groups excluding carboxylic acids is 2. The van der Waals surface area contributed by atoms with Gasteiger partial charge in [-0.25, -0.2) is 0 Å². The van der Waals surface area contributed by atoms with Crippen LogP contribution in [-0.2, 0) is 18.4 Å². The molecule has 0 atom stereocenters. The minimum atomic E-state index is -0.321. The van der Waals surface area contributed by atoms with E-state index in [2.05, 4.69) is 15.7 Å². The summed E-state index contributed by atoms with van der Waals surface area (Å²) in [6, 6.07) is 7.05. The van der Waals surface area contributed by atoms with Gasteiger partial charge in [0.2, 0.25) is 12.7 Å². The smallest absolute Gasteiger partial charge is 0.272 e. The van der Waals surface area contributed by atoms with Crippen LogP contribution in [0.25, 0.3) is 0 Å². The Bertz CT molecular complexity index is 813. The second kappa shape index (κ2) is 6.84. The van der Waals surface area contributed by atoms with Crippen molar-refractivity contribution in [2.45, 2.75) is 20.4 Å². The van der Waals surface area contributed by atoms with E-state index in [4.69, 9.17) is 9.47 Å². The van der Waals surface area contributed by atoms with Crippen LogP contribution in [0, 0.1) is 5.92 Å². The Morgan fingerprint density at radius 2 is 2.00 bits per heavy atom. The molecule has 2 N–H and O–H groups in total. The third-order valence-corrected chi connectivity index (χ3v) is 3.78. The van der Waals surface area contributed by atoms with Gasteiger partial charge in [-0.2, -0.15) is 5.10 Å². The second-order valence-electron chi connectivity index (χ2n) is 6.05. The van der Waals surface area contributed by atoms with Crippen LogP contribution in [0.2, 0.25) is 0 Å². The molecule has 0 radical (unpaired) electrons. The summed E-state index contributed by atoms with van der Waals surface area (Å²) in [7, 11) is 1.67. The lowest BCUT2D eigenvalue weighted by Crippen LogP contribution is -2.23. The Morgan fingerprint density at radius 3 is 2.76 bits per heavy atom. The summed E-state index contributed by atoms with van der Waals surface area (Å²) in [5.74, 6) is 1.24. The largest absolute Gasteiger partial charge is 0.454 e. The average Bonchev–Trinajstić information content (AvgIpc) is 3.19. The molecular formula is C17H20N4O4. The van der Waals surface area contributed by atoms with Crippen LogP contribution in [0.1, 0.15) is 29.9 Å². The van der Waals surface area contributed by atoms with Crippen LogP contribution < -0.4 is 20.1 Å². The van der Waals surface area contributed by atoms with Crippen molar-refractivity contribution < 1.29 is 19.1 Å². The molecular weight excluding hydrogens is 324 g/mol. The summed E-state index contributed by atoms with van der Waals surface area (Å²) >= 11 is 0. The predicted molar refractivity (Wildman–Crippen MR) is 90.4 cm³/mol. The van der Waals surface area contributed by atoms with Crippen molar-refractivity contribution >= 4 is 17.6 Å². The molecule has 3 rings (SSSR count). The fourth-order valence-corrected chi connectivity index (χ4v) is 2.29. The zero-order valence-electron chi connectivity index (χ0n) is 14.3. The zero-order chi connectivity index (χ0) is 18.0. The number of nitrogens with one attached hydrogen (secondary N) is 2. The first kappa shape index (κ1) is 16.8. The van der Waals surface area contributed by atoms with Crippen molar-refractivity contribution in [3.05, 3.63) is 35.5 Å². The Hall–Kier alpha value is -3.03. The first-order chi connectivity index (χ1) is 11.9. The number of benzene rings is 1. The second-order valence-corrected chi connectivity index (χ2v) is 6.05. The van der Waals surface area contributed by atoms with Crippen molar-refractivity contribution in [3.8, 4) is 11.5 Å². The molecule has 0 unspecified atom stereocenters. The van der Waals surface area contributed by atoms with Gasteiger partial charge in [-0.15, -0.1) is 0 Å². The van der Waals surface area contributed by atoms with E-state index in [1.54, 1.807) is 27.0 Å². The Labute approximate surface area is 145 Å².